The highest BCUT2D eigenvalue weighted by atomic mass is 16.5. The Hall–Kier alpha value is -0.860. The van der Waals surface area contributed by atoms with Crippen LogP contribution >= 0.6 is 0 Å². The van der Waals surface area contributed by atoms with Crippen LogP contribution in [0.1, 0.15) is 38.2 Å². The molecule has 0 amide bonds. The summed E-state index contributed by atoms with van der Waals surface area (Å²) in [5.41, 5.74) is 1.18. The van der Waals surface area contributed by atoms with Gasteiger partial charge in [-0.15, -0.1) is 0 Å². The highest BCUT2D eigenvalue weighted by Gasteiger charge is 2.28. The van der Waals surface area contributed by atoms with Gasteiger partial charge in [-0.3, -0.25) is 0 Å². The zero-order valence-electron chi connectivity index (χ0n) is 10.5. The van der Waals surface area contributed by atoms with Crippen molar-refractivity contribution in [3.63, 3.8) is 0 Å². The van der Waals surface area contributed by atoms with Gasteiger partial charge >= 0.3 is 0 Å². The van der Waals surface area contributed by atoms with Gasteiger partial charge in [-0.05, 0) is 30.7 Å². The van der Waals surface area contributed by atoms with Gasteiger partial charge in [0.1, 0.15) is 0 Å². The molecule has 0 aliphatic heterocycles. The summed E-state index contributed by atoms with van der Waals surface area (Å²) >= 11 is 0. The predicted octanol–water partition coefficient (Wildman–Crippen LogP) is 3.14. The minimum atomic E-state index is -0.276. The van der Waals surface area contributed by atoms with E-state index in [4.69, 9.17) is 4.74 Å². The Kier molecular flexibility index (Phi) is 4.57. The van der Waals surface area contributed by atoms with Crippen LogP contribution in [0.3, 0.4) is 0 Å². The topological polar surface area (TPSA) is 29.5 Å². The van der Waals surface area contributed by atoms with E-state index in [0.29, 0.717) is 6.61 Å². The molecule has 0 bridgehead atoms. The summed E-state index contributed by atoms with van der Waals surface area (Å²) in [7, 11) is 0. The quantitative estimate of drug-likeness (QED) is 0.867. The lowest BCUT2D eigenvalue weighted by molar-refractivity contribution is -0.0787. The molecule has 0 saturated heterocycles. The van der Waals surface area contributed by atoms with Gasteiger partial charge in [0.15, 0.2) is 0 Å². The van der Waals surface area contributed by atoms with Crippen LogP contribution < -0.4 is 0 Å². The Morgan fingerprint density at radius 2 is 2.00 bits per heavy atom. The normalized spacial score (nSPS) is 29.2. The van der Waals surface area contributed by atoms with Gasteiger partial charge in [-0.2, -0.15) is 0 Å². The van der Waals surface area contributed by atoms with Crippen molar-refractivity contribution in [2.75, 3.05) is 0 Å². The lowest BCUT2D eigenvalue weighted by atomic mass is 9.84. The Labute approximate surface area is 104 Å². The molecule has 1 aromatic carbocycles. The number of ether oxygens (including phenoxy) is 1. The molecule has 3 atom stereocenters. The van der Waals surface area contributed by atoms with Crippen molar-refractivity contribution in [3.8, 4) is 0 Å². The van der Waals surface area contributed by atoms with E-state index < -0.39 is 0 Å². The molecule has 2 nitrogen and oxygen atoms in total. The van der Waals surface area contributed by atoms with Gasteiger partial charge in [0.05, 0.1) is 18.8 Å². The molecule has 0 spiro atoms. The first-order valence-corrected chi connectivity index (χ1v) is 6.63. The number of benzene rings is 1. The highest BCUT2D eigenvalue weighted by molar-refractivity contribution is 5.13. The monoisotopic (exact) mass is 234 g/mol. The molecule has 0 heterocycles. The number of aliphatic hydroxyl groups excluding tert-OH is 1. The van der Waals surface area contributed by atoms with Crippen LogP contribution in [0.4, 0.5) is 0 Å². The molecule has 2 rings (SSSR count). The molecule has 0 aromatic heterocycles. The van der Waals surface area contributed by atoms with Gasteiger partial charge < -0.3 is 9.84 Å². The van der Waals surface area contributed by atoms with Crippen LogP contribution in [0.2, 0.25) is 0 Å². The van der Waals surface area contributed by atoms with Gasteiger partial charge in [-0.25, -0.2) is 0 Å². The van der Waals surface area contributed by atoms with Gasteiger partial charge in [-0.1, -0.05) is 43.7 Å². The Morgan fingerprint density at radius 1 is 1.24 bits per heavy atom. The number of hydrogen-bond acceptors (Lipinski definition) is 2. The summed E-state index contributed by atoms with van der Waals surface area (Å²) in [6.07, 6.45) is 3.97. The zero-order valence-corrected chi connectivity index (χ0v) is 10.5. The summed E-state index contributed by atoms with van der Waals surface area (Å²) < 4.78 is 5.86. The summed E-state index contributed by atoms with van der Waals surface area (Å²) in [4.78, 5) is 0. The van der Waals surface area contributed by atoms with E-state index in [0.717, 1.165) is 25.2 Å². The van der Waals surface area contributed by atoms with Crippen molar-refractivity contribution in [2.24, 2.45) is 5.92 Å². The summed E-state index contributed by atoms with van der Waals surface area (Å²) in [5, 5.41) is 9.94. The molecule has 1 fully saturated rings. The first-order chi connectivity index (χ1) is 8.29. The third-order valence-corrected chi connectivity index (χ3v) is 3.75. The minimum Gasteiger partial charge on any atom is -0.390 e. The first-order valence-electron chi connectivity index (χ1n) is 6.63. The zero-order chi connectivity index (χ0) is 12.1. The smallest absolute Gasteiger partial charge is 0.0841 e. The molecule has 1 aliphatic carbocycles. The average molecular weight is 234 g/mol. The Balaban J connectivity index is 1.85. The largest absolute Gasteiger partial charge is 0.390 e. The van der Waals surface area contributed by atoms with Crippen LogP contribution in [0.25, 0.3) is 0 Å². The lowest BCUT2D eigenvalue weighted by Gasteiger charge is -2.32. The van der Waals surface area contributed by atoms with E-state index in [1.54, 1.807) is 0 Å². The van der Waals surface area contributed by atoms with E-state index in [9.17, 15) is 5.11 Å². The maximum atomic E-state index is 9.94. The second kappa shape index (κ2) is 6.18. The molecule has 3 unspecified atom stereocenters. The lowest BCUT2D eigenvalue weighted by Crippen LogP contribution is -2.35. The fourth-order valence-corrected chi connectivity index (χ4v) is 2.52. The third-order valence-electron chi connectivity index (χ3n) is 3.75. The van der Waals surface area contributed by atoms with Crippen LogP contribution in [-0.2, 0) is 11.3 Å². The van der Waals surface area contributed by atoms with Gasteiger partial charge in [0.25, 0.3) is 0 Å². The third kappa shape index (κ3) is 3.55. The maximum Gasteiger partial charge on any atom is 0.0841 e. The number of hydrogen-bond donors (Lipinski definition) is 1. The van der Waals surface area contributed by atoms with Crippen molar-refractivity contribution < 1.29 is 9.84 Å². The SMILES string of the molecule is CCC1CCC(O)C(OCc2ccccc2)C1. The van der Waals surface area contributed by atoms with E-state index >= 15 is 0 Å². The second-order valence-corrected chi connectivity index (χ2v) is 4.99. The molecular formula is C15H22O2. The number of aliphatic hydroxyl groups is 1. The van der Waals surface area contributed by atoms with Crippen LogP contribution in [0.5, 0.6) is 0 Å². The van der Waals surface area contributed by atoms with E-state index in [2.05, 4.69) is 19.1 Å². The van der Waals surface area contributed by atoms with Crippen molar-refractivity contribution in [1.82, 2.24) is 0 Å². The molecular weight excluding hydrogens is 212 g/mol. The molecule has 2 heteroatoms. The van der Waals surface area contributed by atoms with Crippen molar-refractivity contribution in [1.29, 1.82) is 0 Å². The summed E-state index contributed by atoms with van der Waals surface area (Å²) in [6, 6.07) is 10.2. The molecule has 0 radical (unpaired) electrons. The Morgan fingerprint density at radius 3 is 2.71 bits per heavy atom. The van der Waals surface area contributed by atoms with Crippen LogP contribution in [0.15, 0.2) is 30.3 Å². The van der Waals surface area contributed by atoms with E-state index in [1.807, 2.05) is 18.2 Å². The number of rotatable bonds is 4. The highest BCUT2D eigenvalue weighted by Crippen LogP contribution is 2.29. The summed E-state index contributed by atoms with van der Waals surface area (Å²) in [5.74, 6) is 0.721. The second-order valence-electron chi connectivity index (χ2n) is 4.99. The average Bonchev–Trinajstić information content (AvgIpc) is 2.39. The Bertz CT molecular complexity index is 323. The molecule has 1 aliphatic rings. The molecule has 1 saturated carbocycles. The first kappa shape index (κ1) is 12.6. The molecule has 1 N–H and O–H groups in total. The summed E-state index contributed by atoms with van der Waals surface area (Å²) in [6.45, 7) is 2.83. The van der Waals surface area contributed by atoms with Crippen molar-refractivity contribution in [3.05, 3.63) is 35.9 Å². The van der Waals surface area contributed by atoms with E-state index in [-0.39, 0.29) is 12.2 Å². The molecule has 94 valence electrons. The van der Waals surface area contributed by atoms with Gasteiger partial charge in [0, 0.05) is 0 Å². The minimum absolute atomic E-state index is 0.0221. The fraction of sp³-hybridized carbons (Fsp3) is 0.600. The van der Waals surface area contributed by atoms with Crippen molar-refractivity contribution in [2.45, 2.75) is 51.4 Å². The van der Waals surface area contributed by atoms with Crippen LogP contribution in [-0.4, -0.2) is 17.3 Å². The molecule has 17 heavy (non-hydrogen) atoms. The maximum absolute atomic E-state index is 9.94. The standard InChI is InChI=1S/C15H22O2/c1-2-12-8-9-14(16)15(10-12)17-11-13-6-4-3-5-7-13/h3-7,12,14-16H,2,8-11H2,1H3. The van der Waals surface area contributed by atoms with Gasteiger partial charge in [0.2, 0.25) is 0 Å². The fourth-order valence-electron chi connectivity index (χ4n) is 2.52. The van der Waals surface area contributed by atoms with Crippen molar-refractivity contribution >= 4 is 0 Å². The van der Waals surface area contributed by atoms with E-state index in [1.165, 1.54) is 12.0 Å². The predicted molar refractivity (Wildman–Crippen MR) is 68.7 cm³/mol. The molecule has 1 aromatic rings. The van der Waals surface area contributed by atoms with Crippen LogP contribution in [0, 0.1) is 5.92 Å².